The van der Waals surface area contributed by atoms with Crippen LogP contribution in [0.2, 0.25) is 0 Å². The molecule has 0 saturated heterocycles. The molecule has 2 aromatic heterocycles. The van der Waals surface area contributed by atoms with Gasteiger partial charge >= 0.3 is 0 Å². The Morgan fingerprint density at radius 1 is 0.826 bits per heavy atom. The van der Waals surface area contributed by atoms with Crippen molar-refractivity contribution in [1.29, 1.82) is 0 Å². The Morgan fingerprint density at radius 3 is 2.22 bits per heavy atom. The number of rotatable bonds is 6. The predicted molar refractivity (Wildman–Crippen MR) is 183 cm³/mol. The fourth-order valence-electron chi connectivity index (χ4n) is 5.68. The molecule has 9 heteroatoms. The minimum atomic E-state index is -0.419. The van der Waals surface area contributed by atoms with Crippen molar-refractivity contribution in [2.45, 2.75) is 43.8 Å². The number of fused-ring (bicyclic) bond motifs is 3. The lowest BCUT2D eigenvalue weighted by Gasteiger charge is -2.22. The Morgan fingerprint density at radius 2 is 1.50 bits per heavy atom. The van der Waals surface area contributed by atoms with Crippen molar-refractivity contribution >= 4 is 39.9 Å². The first-order valence-corrected chi connectivity index (χ1v) is 16.2. The van der Waals surface area contributed by atoms with E-state index in [1.54, 1.807) is 9.52 Å². The molecule has 3 heterocycles. The summed E-state index contributed by atoms with van der Waals surface area (Å²) in [6.45, 7) is 6.44. The summed E-state index contributed by atoms with van der Waals surface area (Å²) < 4.78 is 1.59. The summed E-state index contributed by atoms with van der Waals surface area (Å²) >= 11 is 1.26. The van der Waals surface area contributed by atoms with Crippen molar-refractivity contribution in [3.63, 3.8) is 0 Å². The molecule has 6 aromatic rings. The lowest BCUT2D eigenvalue weighted by molar-refractivity contribution is -0.130. The van der Waals surface area contributed by atoms with Crippen molar-refractivity contribution in [3.8, 4) is 11.3 Å². The maximum atomic E-state index is 13.9. The van der Waals surface area contributed by atoms with Crippen LogP contribution in [0.3, 0.4) is 0 Å². The molecule has 8 nitrogen and oxygen atoms in total. The van der Waals surface area contributed by atoms with Crippen LogP contribution in [-0.4, -0.2) is 42.0 Å². The van der Waals surface area contributed by atoms with E-state index in [2.05, 4.69) is 25.8 Å². The number of hydrogen-bond acceptors (Lipinski definition) is 7. The van der Waals surface area contributed by atoms with Gasteiger partial charge in [-0.25, -0.2) is 9.99 Å². The standard InChI is InChI=1S/C37H32N6O2S/c1-37(2,3)27-20-18-26(19-21-27)33-35(45)39-34-28-16-10-11-17-29(28)38-36(43(34)41-33)46-23-32(44)42-31(25-14-8-5-9-15-25)22-30(40-42)24-12-6-4-7-13-24/h4-21,31H,22-23H2,1-3H3/t31-/m0/s1. The molecule has 0 N–H and O–H groups in total. The van der Waals surface area contributed by atoms with E-state index in [0.717, 1.165) is 22.4 Å². The molecule has 0 bridgehead atoms. The highest BCUT2D eigenvalue weighted by Crippen LogP contribution is 2.34. The number of benzene rings is 4. The van der Waals surface area contributed by atoms with Crippen LogP contribution >= 0.6 is 11.8 Å². The van der Waals surface area contributed by atoms with Gasteiger partial charge in [-0.15, -0.1) is 0 Å². The second kappa shape index (κ2) is 12.0. The second-order valence-electron chi connectivity index (χ2n) is 12.3. The molecule has 1 aliphatic heterocycles. The van der Waals surface area contributed by atoms with Crippen LogP contribution in [0.5, 0.6) is 0 Å². The number of hydrazone groups is 1. The minimum absolute atomic E-state index is 0.0252. The first-order valence-electron chi connectivity index (χ1n) is 15.2. The number of carbonyl (C=O) groups excluding carboxylic acids is 1. The molecule has 7 rings (SSSR count). The van der Waals surface area contributed by atoms with Crippen LogP contribution in [0, 0.1) is 0 Å². The summed E-state index contributed by atoms with van der Waals surface area (Å²) in [4.78, 5) is 36.6. The van der Waals surface area contributed by atoms with Gasteiger partial charge in [0.05, 0.1) is 23.0 Å². The van der Waals surface area contributed by atoms with Crippen LogP contribution in [0.25, 0.3) is 27.8 Å². The van der Waals surface area contributed by atoms with Gasteiger partial charge in [-0.2, -0.15) is 19.7 Å². The zero-order valence-electron chi connectivity index (χ0n) is 25.8. The van der Waals surface area contributed by atoms with E-state index in [0.29, 0.717) is 33.7 Å². The number of thioether (sulfide) groups is 1. The minimum Gasteiger partial charge on any atom is -0.272 e. The van der Waals surface area contributed by atoms with E-state index in [4.69, 9.17) is 15.2 Å². The average molecular weight is 625 g/mol. The second-order valence-corrected chi connectivity index (χ2v) is 13.3. The largest absolute Gasteiger partial charge is 0.300 e. The first kappa shape index (κ1) is 29.6. The van der Waals surface area contributed by atoms with Crippen LogP contribution in [0.1, 0.15) is 49.9 Å². The molecular formula is C37H32N6O2S. The molecule has 0 unspecified atom stereocenters. The Labute approximate surface area is 270 Å². The summed E-state index contributed by atoms with van der Waals surface area (Å²) in [6, 6.07) is 35.1. The molecule has 0 spiro atoms. The number of aromatic nitrogens is 4. The zero-order valence-corrected chi connectivity index (χ0v) is 26.6. The van der Waals surface area contributed by atoms with Crippen molar-refractivity contribution in [2.24, 2.45) is 5.10 Å². The van der Waals surface area contributed by atoms with Crippen molar-refractivity contribution in [3.05, 3.63) is 136 Å². The van der Waals surface area contributed by atoms with Crippen molar-refractivity contribution in [1.82, 2.24) is 24.6 Å². The lowest BCUT2D eigenvalue weighted by atomic mass is 9.86. The van der Waals surface area contributed by atoms with Crippen LogP contribution in [0.15, 0.2) is 124 Å². The molecule has 1 aliphatic rings. The van der Waals surface area contributed by atoms with E-state index in [9.17, 15) is 9.59 Å². The zero-order chi connectivity index (χ0) is 31.8. The van der Waals surface area contributed by atoms with Gasteiger partial charge < -0.3 is 0 Å². The van der Waals surface area contributed by atoms with Gasteiger partial charge in [-0.1, -0.05) is 130 Å². The molecule has 0 fully saturated rings. The maximum Gasteiger partial charge on any atom is 0.300 e. The van der Waals surface area contributed by atoms with Gasteiger partial charge in [0.2, 0.25) is 0 Å². The number of carbonyl (C=O) groups is 1. The van der Waals surface area contributed by atoms with Gasteiger partial charge in [0.15, 0.2) is 16.5 Å². The number of nitrogens with zero attached hydrogens (tertiary/aromatic N) is 6. The lowest BCUT2D eigenvalue weighted by Crippen LogP contribution is -2.28. The predicted octanol–water partition coefficient (Wildman–Crippen LogP) is 7.07. The number of para-hydroxylation sites is 1. The Kier molecular flexibility index (Phi) is 7.70. The Balaban J connectivity index is 1.25. The highest BCUT2D eigenvalue weighted by Gasteiger charge is 2.33. The van der Waals surface area contributed by atoms with E-state index in [-0.39, 0.29) is 28.8 Å². The van der Waals surface area contributed by atoms with E-state index in [1.165, 1.54) is 11.8 Å². The van der Waals surface area contributed by atoms with Gasteiger partial charge in [-0.3, -0.25) is 9.59 Å². The Bertz CT molecular complexity index is 2160. The fourth-order valence-corrected chi connectivity index (χ4v) is 6.48. The molecule has 0 aliphatic carbocycles. The molecule has 4 aromatic carbocycles. The highest BCUT2D eigenvalue weighted by atomic mass is 32.2. The smallest absolute Gasteiger partial charge is 0.272 e. The van der Waals surface area contributed by atoms with Gasteiger partial charge in [0, 0.05) is 17.4 Å². The molecular weight excluding hydrogens is 593 g/mol. The van der Waals surface area contributed by atoms with Crippen molar-refractivity contribution in [2.75, 3.05) is 5.75 Å². The third-order valence-electron chi connectivity index (χ3n) is 8.16. The maximum absolute atomic E-state index is 13.9. The molecule has 46 heavy (non-hydrogen) atoms. The summed E-state index contributed by atoms with van der Waals surface area (Å²) in [5.74, 6) is -0.0847. The topological polar surface area (TPSA) is 92.8 Å². The van der Waals surface area contributed by atoms with E-state index >= 15 is 0 Å². The summed E-state index contributed by atoms with van der Waals surface area (Å²) in [7, 11) is 0. The van der Waals surface area contributed by atoms with Gasteiger partial charge in [0.25, 0.3) is 11.5 Å². The monoisotopic (exact) mass is 624 g/mol. The third-order valence-corrected chi connectivity index (χ3v) is 9.07. The van der Waals surface area contributed by atoms with Gasteiger partial charge in [0.1, 0.15) is 0 Å². The third kappa shape index (κ3) is 5.70. The summed E-state index contributed by atoms with van der Waals surface area (Å²) in [6.07, 6.45) is 0.617. The quantitative estimate of drug-likeness (QED) is 0.112. The van der Waals surface area contributed by atoms with E-state index in [1.807, 2.05) is 109 Å². The van der Waals surface area contributed by atoms with Crippen molar-refractivity contribution < 1.29 is 4.79 Å². The Hall–Kier alpha value is -5.15. The van der Waals surface area contributed by atoms with Crippen LogP contribution in [-0.2, 0) is 10.2 Å². The molecule has 228 valence electrons. The normalized spacial score (nSPS) is 15.0. The molecule has 0 saturated carbocycles. The summed E-state index contributed by atoms with van der Waals surface area (Å²) in [5.41, 5.74) is 5.56. The highest BCUT2D eigenvalue weighted by molar-refractivity contribution is 7.99. The van der Waals surface area contributed by atoms with E-state index < -0.39 is 5.56 Å². The fraction of sp³-hybridized carbons (Fsp3) is 0.189. The average Bonchev–Trinajstić information content (AvgIpc) is 3.53. The SMILES string of the molecule is CC(C)(C)c1ccc(-c2nn3c(SCC(=O)N4N=C(c5ccccc5)C[C@H]4c4ccccc4)nc4ccccc4c3nc2=O)cc1. The van der Waals surface area contributed by atoms with Crippen LogP contribution in [0.4, 0.5) is 0 Å². The summed E-state index contributed by atoms with van der Waals surface area (Å²) in [5, 5.41) is 12.4. The molecule has 0 radical (unpaired) electrons. The van der Waals surface area contributed by atoms with Gasteiger partial charge in [-0.05, 0) is 34.2 Å². The molecule has 1 amide bonds. The molecule has 1 atom stereocenters. The number of amides is 1. The first-order chi connectivity index (χ1) is 22.3. The number of hydrogen-bond donors (Lipinski definition) is 0. The van der Waals surface area contributed by atoms with Crippen LogP contribution < -0.4 is 5.56 Å².